The monoisotopic (exact) mass is 273 g/mol. The Labute approximate surface area is 101 Å². The van der Waals surface area contributed by atoms with Crippen molar-refractivity contribution in [2.75, 3.05) is 12.4 Å². The molecule has 0 aliphatic rings. The van der Waals surface area contributed by atoms with Gasteiger partial charge in [0.1, 0.15) is 0 Å². The zero-order valence-corrected chi connectivity index (χ0v) is 11.8. The SMILES string of the molecule is Cc1cc(CN(C)C(C)(C)CBr)n(C)n1. The van der Waals surface area contributed by atoms with E-state index >= 15 is 0 Å². The average Bonchev–Trinajstić information content (AvgIpc) is 2.45. The van der Waals surface area contributed by atoms with Gasteiger partial charge in [-0.2, -0.15) is 5.10 Å². The molecule has 1 rings (SSSR count). The van der Waals surface area contributed by atoms with Crippen LogP contribution in [0, 0.1) is 6.92 Å². The maximum Gasteiger partial charge on any atom is 0.0597 e. The summed E-state index contributed by atoms with van der Waals surface area (Å²) in [4.78, 5) is 2.33. The molecule has 3 nitrogen and oxygen atoms in total. The molecule has 0 aliphatic heterocycles. The smallest absolute Gasteiger partial charge is 0.0597 e. The highest BCUT2D eigenvalue weighted by Crippen LogP contribution is 2.18. The van der Waals surface area contributed by atoms with Gasteiger partial charge in [-0.15, -0.1) is 0 Å². The molecule has 1 aromatic heterocycles. The third kappa shape index (κ3) is 3.05. The second-order valence-corrected chi connectivity index (χ2v) is 5.26. The zero-order valence-electron chi connectivity index (χ0n) is 10.2. The highest BCUT2D eigenvalue weighted by molar-refractivity contribution is 9.09. The van der Waals surface area contributed by atoms with Gasteiger partial charge in [0.15, 0.2) is 0 Å². The van der Waals surface area contributed by atoms with Crippen molar-refractivity contribution in [2.24, 2.45) is 7.05 Å². The summed E-state index contributed by atoms with van der Waals surface area (Å²) in [5.41, 5.74) is 2.50. The molecular formula is C11H20BrN3. The van der Waals surface area contributed by atoms with Gasteiger partial charge in [-0.1, -0.05) is 15.9 Å². The van der Waals surface area contributed by atoms with E-state index in [-0.39, 0.29) is 5.54 Å². The van der Waals surface area contributed by atoms with Gasteiger partial charge in [0.05, 0.1) is 11.4 Å². The van der Waals surface area contributed by atoms with E-state index in [9.17, 15) is 0 Å². The molecule has 0 amide bonds. The molecule has 0 radical (unpaired) electrons. The molecule has 15 heavy (non-hydrogen) atoms. The number of aromatic nitrogens is 2. The largest absolute Gasteiger partial charge is 0.295 e. The van der Waals surface area contributed by atoms with Crippen molar-refractivity contribution in [3.63, 3.8) is 0 Å². The Morgan fingerprint density at radius 2 is 2.13 bits per heavy atom. The minimum absolute atomic E-state index is 0.165. The molecule has 0 saturated heterocycles. The van der Waals surface area contributed by atoms with Crippen molar-refractivity contribution >= 4 is 15.9 Å². The van der Waals surface area contributed by atoms with Crippen LogP contribution in [0.1, 0.15) is 25.2 Å². The lowest BCUT2D eigenvalue weighted by molar-refractivity contribution is 0.169. The van der Waals surface area contributed by atoms with Crippen LogP contribution in [0.15, 0.2) is 6.07 Å². The van der Waals surface area contributed by atoms with Crippen LogP contribution in [-0.2, 0) is 13.6 Å². The first-order chi connectivity index (χ1) is 6.86. The van der Waals surface area contributed by atoms with Crippen molar-refractivity contribution in [1.29, 1.82) is 0 Å². The summed E-state index contributed by atoms with van der Waals surface area (Å²) in [6.07, 6.45) is 0. The lowest BCUT2D eigenvalue weighted by Crippen LogP contribution is -2.42. The van der Waals surface area contributed by atoms with E-state index in [0.717, 1.165) is 17.6 Å². The normalized spacial score (nSPS) is 12.5. The van der Waals surface area contributed by atoms with Gasteiger partial charge >= 0.3 is 0 Å². The van der Waals surface area contributed by atoms with Gasteiger partial charge in [0, 0.05) is 24.5 Å². The number of hydrogen-bond donors (Lipinski definition) is 0. The van der Waals surface area contributed by atoms with Gasteiger partial charge in [-0.05, 0) is 33.9 Å². The third-order valence-corrected chi connectivity index (χ3v) is 4.23. The number of nitrogens with zero attached hydrogens (tertiary/aromatic N) is 3. The highest BCUT2D eigenvalue weighted by atomic mass is 79.9. The van der Waals surface area contributed by atoms with Crippen molar-refractivity contribution in [3.05, 3.63) is 17.5 Å². The van der Waals surface area contributed by atoms with Crippen LogP contribution in [0.3, 0.4) is 0 Å². The minimum atomic E-state index is 0.165. The molecule has 0 fully saturated rings. The molecule has 0 atom stereocenters. The van der Waals surface area contributed by atoms with E-state index in [1.807, 2.05) is 18.7 Å². The third-order valence-electron chi connectivity index (χ3n) is 2.86. The van der Waals surface area contributed by atoms with Gasteiger partial charge in [0.2, 0.25) is 0 Å². The Morgan fingerprint density at radius 3 is 2.53 bits per heavy atom. The highest BCUT2D eigenvalue weighted by Gasteiger charge is 2.22. The van der Waals surface area contributed by atoms with Gasteiger partial charge in [-0.3, -0.25) is 9.58 Å². The van der Waals surface area contributed by atoms with Gasteiger partial charge < -0.3 is 0 Å². The summed E-state index contributed by atoms with van der Waals surface area (Å²) in [5.74, 6) is 0. The average molecular weight is 274 g/mol. The van der Waals surface area contributed by atoms with E-state index in [2.05, 4.69) is 52.9 Å². The first-order valence-corrected chi connectivity index (χ1v) is 6.25. The fraction of sp³-hybridized carbons (Fsp3) is 0.727. The molecule has 0 aliphatic carbocycles. The number of hydrogen-bond acceptors (Lipinski definition) is 2. The molecule has 0 unspecified atom stereocenters. The van der Waals surface area contributed by atoms with E-state index in [4.69, 9.17) is 0 Å². The molecule has 0 bridgehead atoms. The molecule has 4 heteroatoms. The Balaban J connectivity index is 2.74. The lowest BCUT2D eigenvalue weighted by atomic mass is 10.1. The van der Waals surface area contributed by atoms with Crippen molar-refractivity contribution in [2.45, 2.75) is 32.9 Å². The quantitative estimate of drug-likeness (QED) is 0.786. The van der Waals surface area contributed by atoms with E-state index in [1.165, 1.54) is 5.69 Å². The topological polar surface area (TPSA) is 21.1 Å². The van der Waals surface area contributed by atoms with Crippen LogP contribution >= 0.6 is 15.9 Å². The summed E-state index contributed by atoms with van der Waals surface area (Å²) in [5, 5.41) is 5.32. The minimum Gasteiger partial charge on any atom is -0.295 e. The van der Waals surface area contributed by atoms with Crippen LogP contribution < -0.4 is 0 Å². The molecule has 0 aromatic carbocycles. The van der Waals surface area contributed by atoms with E-state index < -0.39 is 0 Å². The summed E-state index contributed by atoms with van der Waals surface area (Å²) >= 11 is 3.54. The molecule has 1 aromatic rings. The second kappa shape index (κ2) is 4.66. The Morgan fingerprint density at radius 1 is 1.53 bits per heavy atom. The molecule has 0 spiro atoms. The van der Waals surface area contributed by atoms with Gasteiger partial charge in [0.25, 0.3) is 0 Å². The van der Waals surface area contributed by atoms with Crippen molar-refractivity contribution in [3.8, 4) is 0 Å². The number of halogens is 1. The molecule has 86 valence electrons. The number of alkyl halides is 1. The number of aryl methyl sites for hydroxylation is 2. The first kappa shape index (κ1) is 12.7. The molecular weight excluding hydrogens is 254 g/mol. The molecule has 1 heterocycles. The van der Waals surface area contributed by atoms with E-state index in [1.54, 1.807) is 0 Å². The maximum absolute atomic E-state index is 4.35. The fourth-order valence-electron chi connectivity index (χ4n) is 1.37. The van der Waals surface area contributed by atoms with Crippen LogP contribution in [-0.4, -0.2) is 32.6 Å². The first-order valence-electron chi connectivity index (χ1n) is 5.13. The summed E-state index contributed by atoms with van der Waals surface area (Å²) in [6, 6.07) is 2.14. The molecule has 0 N–H and O–H groups in total. The molecule has 0 saturated carbocycles. The van der Waals surface area contributed by atoms with Crippen LogP contribution in [0.4, 0.5) is 0 Å². The Kier molecular flexibility index (Phi) is 3.95. The predicted octanol–water partition coefficient (Wildman–Crippen LogP) is 2.33. The van der Waals surface area contributed by atoms with Crippen LogP contribution in [0.2, 0.25) is 0 Å². The Hall–Kier alpha value is -0.350. The zero-order chi connectivity index (χ0) is 11.6. The van der Waals surface area contributed by atoms with Crippen molar-refractivity contribution in [1.82, 2.24) is 14.7 Å². The predicted molar refractivity (Wildman–Crippen MR) is 67.3 cm³/mol. The Bertz CT molecular complexity index is 331. The fourth-order valence-corrected chi connectivity index (χ4v) is 1.80. The van der Waals surface area contributed by atoms with Crippen LogP contribution in [0.25, 0.3) is 0 Å². The van der Waals surface area contributed by atoms with E-state index in [0.29, 0.717) is 0 Å². The standard InChI is InChI=1S/C11H20BrN3/c1-9-6-10(15(5)13-9)7-14(4)11(2,3)8-12/h6H,7-8H2,1-5H3. The summed E-state index contributed by atoms with van der Waals surface area (Å²) in [6.45, 7) is 7.41. The number of rotatable bonds is 4. The summed E-state index contributed by atoms with van der Waals surface area (Å²) < 4.78 is 1.95. The maximum atomic E-state index is 4.35. The van der Waals surface area contributed by atoms with Crippen molar-refractivity contribution < 1.29 is 0 Å². The van der Waals surface area contributed by atoms with Crippen LogP contribution in [0.5, 0.6) is 0 Å². The summed E-state index contributed by atoms with van der Waals surface area (Å²) in [7, 11) is 4.14. The lowest BCUT2D eigenvalue weighted by Gasteiger charge is -2.33. The second-order valence-electron chi connectivity index (χ2n) is 4.70. The van der Waals surface area contributed by atoms with Gasteiger partial charge in [-0.25, -0.2) is 0 Å².